The molecule has 16 heavy (non-hydrogen) atoms. The van der Waals surface area contributed by atoms with Crippen LogP contribution in [0.5, 0.6) is 0 Å². The van der Waals surface area contributed by atoms with E-state index in [1.54, 1.807) is 0 Å². The van der Waals surface area contributed by atoms with Crippen LogP contribution in [0.1, 0.15) is 6.92 Å². The molecule has 0 bridgehead atoms. The molecule has 1 rings (SSSR count). The molecule has 1 atom stereocenters. The maximum atomic E-state index is 12.8. The van der Waals surface area contributed by atoms with Crippen LogP contribution in [-0.4, -0.2) is 26.2 Å². The van der Waals surface area contributed by atoms with Gasteiger partial charge in [-0.2, -0.15) is 0 Å². The molecule has 1 aromatic rings. The third-order valence-electron chi connectivity index (χ3n) is 1.78. The zero-order chi connectivity index (χ0) is 12.3. The Morgan fingerprint density at radius 2 is 1.81 bits per heavy atom. The number of sulfonamides is 1. The highest BCUT2D eigenvalue weighted by Gasteiger charge is 2.18. The van der Waals surface area contributed by atoms with E-state index in [0.717, 1.165) is 0 Å². The number of benzene rings is 1. The Labute approximate surface area is 92.0 Å². The van der Waals surface area contributed by atoms with Gasteiger partial charge < -0.3 is 5.11 Å². The minimum Gasteiger partial charge on any atom is -0.395 e. The highest BCUT2D eigenvalue weighted by molar-refractivity contribution is 7.89. The monoisotopic (exact) mass is 251 g/mol. The molecule has 0 amide bonds. The van der Waals surface area contributed by atoms with E-state index in [1.165, 1.54) is 6.92 Å². The molecule has 0 saturated carbocycles. The largest absolute Gasteiger partial charge is 0.395 e. The topological polar surface area (TPSA) is 66.4 Å². The molecule has 2 N–H and O–H groups in total. The molecule has 0 aliphatic rings. The van der Waals surface area contributed by atoms with E-state index in [1.807, 2.05) is 0 Å². The molecular weight excluding hydrogens is 240 g/mol. The fourth-order valence-corrected chi connectivity index (χ4v) is 2.33. The number of aliphatic hydroxyl groups excluding tert-OH is 1. The van der Waals surface area contributed by atoms with Crippen molar-refractivity contribution >= 4 is 10.0 Å². The molecule has 0 aliphatic heterocycles. The summed E-state index contributed by atoms with van der Waals surface area (Å²) >= 11 is 0. The number of halogens is 2. The molecule has 7 heteroatoms. The van der Waals surface area contributed by atoms with Crippen molar-refractivity contribution < 1.29 is 22.3 Å². The summed E-state index contributed by atoms with van der Waals surface area (Å²) in [6.07, 6.45) is 0. The van der Waals surface area contributed by atoms with Crippen LogP contribution in [0.15, 0.2) is 23.1 Å². The summed E-state index contributed by atoms with van der Waals surface area (Å²) in [5.74, 6) is -1.95. The van der Waals surface area contributed by atoms with Gasteiger partial charge in [-0.1, -0.05) is 0 Å². The van der Waals surface area contributed by atoms with Crippen molar-refractivity contribution in [3.05, 3.63) is 29.8 Å². The molecule has 0 spiro atoms. The molecule has 4 nitrogen and oxygen atoms in total. The Balaban J connectivity index is 3.07. The minimum atomic E-state index is -4.01. The van der Waals surface area contributed by atoms with Gasteiger partial charge in [0.2, 0.25) is 10.0 Å². The zero-order valence-electron chi connectivity index (χ0n) is 8.44. The molecule has 0 unspecified atom stereocenters. The first-order valence-corrected chi connectivity index (χ1v) is 5.93. The number of rotatable bonds is 4. The van der Waals surface area contributed by atoms with E-state index in [4.69, 9.17) is 5.11 Å². The molecular formula is C9H11F2NO3S. The van der Waals surface area contributed by atoms with Gasteiger partial charge in [0.25, 0.3) is 0 Å². The molecule has 1 aromatic carbocycles. The Kier molecular flexibility index (Phi) is 3.95. The van der Waals surface area contributed by atoms with Gasteiger partial charge in [0.15, 0.2) is 0 Å². The lowest BCUT2D eigenvalue weighted by Crippen LogP contribution is -2.35. The first kappa shape index (κ1) is 13.0. The van der Waals surface area contributed by atoms with E-state index in [2.05, 4.69) is 4.72 Å². The summed E-state index contributed by atoms with van der Waals surface area (Å²) < 4.78 is 50.8. The maximum absolute atomic E-state index is 12.8. The van der Waals surface area contributed by atoms with Crippen molar-refractivity contribution in [2.24, 2.45) is 0 Å². The van der Waals surface area contributed by atoms with Crippen LogP contribution in [0, 0.1) is 11.6 Å². The van der Waals surface area contributed by atoms with Crippen LogP contribution in [0.2, 0.25) is 0 Å². The molecule has 0 fully saturated rings. The summed E-state index contributed by atoms with van der Waals surface area (Å²) in [6.45, 7) is 1.02. The van der Waals surface area contributed by atoms with Gasteiger partial charge >= 0.3 is 0 Å². The summed E-state index contributed by atoms with van der Waals surface area (Å²) in [7, 11) is -4.01. The van der Waals surface area contributed by atoms with Gasteiger partial charge in [0.05, 0.1) is 11.5 Å². The van der Waals surface area contributed by atoms with Crippen molar-refractivity contribution in [1.82, 2.24) is 4.72 Å². The standard InChI is InChI=1S/C9H11F2NO3S/c1-6(5-13)12-16(14,15)9-3-7(10)2-8(11)4-9/h2-4,6,12-13H,5H2,1H3/t6-/m0/s1. The van der Waals surface area contributed by atoms with E-state index in [-0.39, 0.29) is 0 Å². The average Bonchev–Trinajstić information content (AvgIpc) is 2.15. The molecule has 0 aromatic heterocycles. The summed E-state index contributed by atoms with van der Waals surface area (Å²) in [5.41, 5.74) is 0. The second kappa shape index (κ2) is 4.86. The van der Waals surface area contributed by atoms with Crippen molar-refractivity contribution in [3.8, 4) is 0 Å². The van der Waals surface area contributed by atoms with Crippen LogP contribution in [0.25, 0.3) is 0 Å². The number of hydrogen-bond donors (Lipinski definition) is 2. The Morgan fingerprint density at radius 3 is 2.25 bits per heavy atom. The molecule has 0 radical (unpaired) electrons. The minimum absolute atomic E-state index is 0.406. The van der Waals surface area contributed by atoms with Gasteiger partial charge in [-0.15, -0.1) is 0 Å². The van der Waals surface area contributed by atoms with Crippen LogP contribution < -0.4 is 4.72 Å². The molecule has 90 valence electrons. The highest BCUT2D eigenvalue weighted by atomic mass is 32.2. The van der Waals surface area contributed by atoms with Gasteiger partial charge in [0, 0.05) is 12.1 Å². The Bertz CT molecular complexity index is 455. The lowest BCUT2D eigenvalue weighted by Gasteiger charge is -2.11. The number of aliphatic hydroxyl groups is 1. The maximum Gasteiger partial charge on any atom is 0.241 e. The van der Waals surface area contributed by atoms with Gasteiger partial charge in [-0.25, -0.2) is 21.9 Å². The van der Waals surface area contributed by atoms with Gasteiger partial charge in [-0.3, -0.25) is 0 Å². The van der Waals surface area contributed by atoms with Crippen LogP contribution in [0.4, 0.5) is 8.78 Å². The quantitative estimate of drug-likeness (QED) is 0.824. The van der Waals surface area contributed by atoms with Crippen molar-refractivity contribution in [1.29, 1.82) is 0 Å². The van der Waals surface area contributed by atoms with E-state index in [0.29, 0.717) is 18.2 Å². The van der Waals surface area contributed by atoms with Crippen LogP contribution in [-0.2, 0) is 10.0 Å². The summed E-state index contributed by atoms with van der Waals surface area (Å²) in [6, 6.07) is 1.26. The third-order valence-corrected chi connectivity index (χ3v) is 3.35. The SMILES string of the molecule is C[C@@H](CO)NS(=O)(=O)c1cc(F)cc(F)c1. The van der Waals surface area contributed by atoms with Crippen molar-refractivity contribution in [2.75, 3.05) is 6.61 Å². The zero-order valence-corrected chi connectivity index (χ0v) is 9.26. The average molecular weight is 251 g/mol. The summed E-state index contributed by atoms with van der Waals surface area (Å²) in [5, 5.41) is 8.68. The number of hydrogen-bond acceptors (Lipinski definition) is 3. The normalized spacial score (nSPS) is 13.8. The molecule has 0 heterocycles. The van der Waals surface area contributed by atoms with E-state index >= 15 is 0 Å². The van der Waals surface area contributed by atoms with E-state index < -0.39 is 39.2 Å². The predicted molar refractivity (Wildman–Crippen MR) is 53.2 cm³/mol. The molecule has 0 saturated heterocycles. The predicted octanol–water partition coefficient (Wildman–Crippen LogP) is 0.624. The first-order valence-electron chi connectivity index (χ1n) is 4.44. The Hall–Kier alpha value is -1.05. The van der Waals surface area contributed by atoms with Crippen molar-refractivity contribution in [2.45, 2.75) is 17.9 Å². The second-order valence-electron chi connectivity index (χ2n) is 3.31. The Morgan fingerprint density at radius 1 is 1.31 bits per heavy atom. The second-order valence-corrected chi connectivity index (χ2v) is 5.02. The van der Waals surface area contributed by atoms with Crippen molar-refractivity contribution in [3.63, 3.8) is 0 Å². The van der Waals surface area contributed by atoms with Crippen LogP contribution >= 0.6 is 0 Å². The lowest BCUT2D eigenvalue weighted by molar-refractivity contribution is 0.265. The van der Waals surface area contributed by atoms with Crippen LogP contribution in [0.3, 0.4) is 0 Å². The fourth-order valence-electron chi connectivity index (χ4n) is 1.05. The molecule has 0 aliphatic carbocycles. The number of nitrogens with one attached hydrogen (secondary N) is 1. The lowest BCUT2D eigenvalue weighted by atomic mass is 10.3. The van der Waals surface area contributed by atoms with E-state index in [9.17, 15) is 17.2 Å². The van der Waals surface area contributed by atoms with Gasteiger partial charge in [0.1, 0.15) is 11.6 Å². The van der Waals surface area contributed by atoms with Gasteiger partial charge in [-0.05, 0) is 19.1 Å². The fraction of sp³-hybridized carbons (Fsp3) is 0.333. The third kappa shape index (κ3) is 3.22. The summed E-state index contributed by atoms with van der Waals surface area (Å²) in [4.78, 5) is -0.509. The first-order chi connectivity index (χ1) is 7.35. The highest BCUT2D eigenvalue weighted by Crippen LogP contribution is 2.13. The smallest absolute Gasteiger partial charge is 0.241 e.